The van der Waals surface area contributed by atoms with E-state index in [9.17, 15) is 22.4 Å². The Hall–Kier alpha value is -4.50. The second-order valence-corrected chi connectivity index (χ2v) is 13.5. The third-order valence-electron chi connectivity index (χ3n) is 7.43. The maximum atomic E-state index is 14.4. The van der Waals surface area contributed by atoms with Crippen LogP contribution < -0.4 is 9.62 Å². The maximum absolute atomic E-state index is 14.4. The van der Waals surface area contributed by atoms with Crippen molar-refractivity contribution in [2.45, 2.75) is 63.6 Å². The van der Waals surface area contributed by atoms with Crippen LogP contribution in [0.15, 0.2) is 114 Å². The number of sulfonamides is 1. The lowest BCUT2D eigenvalue weighted by molar-refractivity contribution is -0.140. The second-order valence-electron chi connectivity index (χ2n) is 11.6. The molecule has 0 spiro atoms. The van der Waals surface area contributed by atoms with Gasteiger partial charge in [-0.3, -0.25) is 13.9 Å². The molecule has 1 N–H and O–H groups in total. The van der Waals surface area contributed by atoms with E-state index >= 15 is 0 Å². The SMILES string of the molecule is CC(C)NC(=O)C(Cc1ccccc1)N(Cc1ccc(F)cc1)C(=O)CN(c1ccc(C(C)C)cc1)S(=O)(=O)c1ccccc1. The Morgan fingerprint density at radius 3 is 1.89 bits per heavy atom. The summed E-state index contributed by atoms with van der Waals surface area (Å²) in [5.74, 6) is -1.15. The van der Waals surface area contributed by atoms with Gasteiger partial charge in [0.05, 0.1) is 10.6 Å². The molecule has 1 atom stereocenters. The van der Waals surface area contributed by atoms with E-state index in [1.165, 1.54) is 29.2 Å². The van der Waals surface area contributed by atoms with E-state index in [2.05, 4.69) is 5.32 Å². The molecule has 0 aliphatic heterocycles. The topological polar surface area (TPSA) is 86.8 Å². The smallest absolute Gasteiger partial charge is 0.264 e. The van der Waals surface area contributed by atoms with E-state index in [1.54, 1.807) is 42.5 Å². The Morgan fingerprint density at radius 2 is 1.33 bits per heavy atom. The fourth-order valence-electron chi connectivity index (χ4n) is 5.00. The van der Waals surface area contributed by atoms with Crippen molar-refractivity contribution in [2.24, 2.45) is 0 Å². The minimum atomic E-state index is -4.18. The van der Waals surface area contributed by atoms with Gasteiger partial charge in [0.15, 0.2) is 0 Å². The van der Waals surface area contributed by atoms with Crippen LogP contribution in [0.1, 0.15) is 50.3 Å². The van der Waals surface area contributed by atoms with E-state index in [0.29, 0.717) is 11.3 Å². The normalized spacial score (nSPS) is 12.2. The first-order chi connectivity index (χ1) is 21.5. The first-order valence-electron chi connectivity index (χ1n) is 15.0. The number of nitrogens with zero attached hydrogens (tertiary/aromatic N) is 2. The zero-order chi connectivity index (χ0) is 32.6. The van der Waals surface area contributed by atoms with Crippen molar-refractivity contribution in [1.29, 1.82) is 0 Å². The largest absolute Gasteiger partial charge is 0.352 e. The van der Waals surface area contributed by atoms with Gasteiger partial charge in [0.25, 0.3) is 10.0 Å². The Morgan fingerprint density at radius 1 is 0.756 bits per heavy atom. The van der Waals surface area contributed by atoms with Gasteiger partial charge in [-0.25, -0.2) is 12.8 Å². The van der Waals surface area contributed by atoms with Crippen LogP contribution in [0.5, 0.6) is 0 Å². The van der Waals surface area contributed by atoms with Gasteiger partial charge in [0.1, 0.15) is 18.4 Å². The molecule has 236 valence electrons. The van der Waals surface area contributed by atoms with Crippen molar-refractivity contribution in [3.05, 3.63) is 132 Å². The molecule has 0 aliphatic carbocycles. The first-order valence-corrected chi connectivity index (χ1v) is 16.5. The molecule has 0 bridgehead atoms. The molecule has 0 radical (unpaired) electrons. The summed E-state index contributed by atoms with van der Waals surface area (Å²) in [5, 5.41) is 2.93. The molecule has 7 nitrogen and oxygen atoms in total. The molecule has 0 saturated heterocycles. The summed E-state index contributed by atoms with van der Waals surface area (Å²) in [7, 11) is -4.18. The van der Waals surface area contributed by atoms with Crippen LogP contribution in [0.3, 0.4) is 0 Å². The summed E-state index contributed by atoms with van der Waals surface area (Å²) >= 11 is 0. The van der Waals surface area contributed by atoms with Crippen LogP contribution in [0, 0.1) is 5.82 Å². The summed E-state index contributed by atoms with van der Waals surface area (Å²) in [6, 6.07) is 28.9. The number of rotatable bonds is 13. The number of hydrogen-bond acceptors (Lipinski definition) is 4. The third kappa shape index (κ3) is 8.79. The fourth-order valence-corrected chi connectivity index (χ4v) is 6.43. The zero-order valence-corrected chi connectivity index (χ0v) is 26.9. The van der Waals surface area contributed by atoms with Gasteiger partial charge in [-0.05, 0) is 72.9 Å². The van der Waals surface area contributed by atoms with E-state index in [-0.39, 0.29) is 35.7 Å². The monoisotopic (exact) mass is 629 g/mol. The molecule has 2 amide bonds. The molecule has 4 aromatic rings. The van der Waals surface area contributed by atoms with Gasteiger partial charge < -0.3 is 10.2 Å². The molecule has 0 aromatic heterocycles. The number of amides is 2. The summed E-state index contributed by atoms with van der Waals surface area (Å²) in [6.07, 6.45) is 0.195. The standard InChI is InChI=1S/C36H40FN3O4S/c1-26(2)30-17-21-32(22-18-30)40(45(43,44)33-13-9-6-10-14-33)25-35(41)39(24-29-15-19-31(37)20-16-29)34(36(42)38-27(3)4)23-28-11-7-5-8-12-28/h5-22,26-27,34H,23-25H2,1-4H3,(H,38,42). The summed E-state index contributed by atoms with van der Waals surface area (Å²) in [6.45, 7) is 7.16. The number of carbonyl (C=O) groups is 2. The second kappa shape index (κ2) is 15.0. The first kappa shape index (κ1) is 33.4. The molecule has 45 heavy (non-hydrogen) atoms. The van der Waals surface area contributed by atoms with Crippen molar-refractivity contribution in [1.82, 2.24) is 10.2 Å². The van der Waals surface area contributed by atoms with E-state index in [4.69, 9.17) is 0 Å². The van der Waals surface area contributed by atoms with E-state index in [0.717, 1.165) is 15.4 Å². The molecule has 0 fully saturated rings. The van der Waals surface area contributed by atoms with Gasteiger partial charge in [-0.1, -0.05) is 86.6 Å². The highest BCUT2D eigenvalue weighted by molar-refractivity contribution is 7.92. The number of nitrogens with one attached hydrogen (secondary N) is 1. The molecule has 0 heterocycles. The predicted molar refractivity (Wildman–Crippen MR) is 176 cm³/mol. The van der Waals surface area contributed by atoms with Gasteiger partial charge in [0, 0.05) is 19.0 Å². The molecule has 0 aliphatic rings. The third-order valence-corrected chi connectivity index (χ3v) is 9.21. The lowest BCUT2D eigenvalue weighted by atomic mass is 10.0. The molecule has 4 aromatic carbocycles. The number of carbonyl (C=O) groups excluding carboxylic acids is 2. The van der Waals surface area contributed by atoms with Gasteiger partial charge in [-0.15, -0.1) is 0 Å². The number of anilines is 1. The van der Waals surface area contributed by atoms with Crippen molar-refractivity contribution in [3.8, 4) is 0 Å². The van der Waals surface area contributed by atoms with Crippen LogP contribution in [0.4, 0.5) is 10.1 Å². The highest BCUT2D eigenvalue weighted by Gasteiger charge is 2.34. The van der Waals surface area contributed by atoms with Crippen LogP contribution >= 0.6 is 0 Å². The highest BCUT2D eigenvalue weighted by atomic mass is 32.2. The average Bonchev–Trinajstić information content (AvgIpc) is 3.03. The van der Waals surface area contributed by atoms with Crippen molar-refractivity contribution < 1.29 is 22.4 Å². The lowest BCUT2D eigenvalue weighted by Crippen LogP contribution is -2.54. The minimum absolute atomic E-state index is 0.0341. The van der Waals surface area contributed by atoms with Gasteiger partial charge >= 0.3 is 0 Å². The Labute approximate surface area is 265 Å². The predicted octanol–water partition coefficient (Wildman–Crippen LogP) is 6.31. The van der Waals surface area contributed by atoms with E-state index in [1.807, 2.05) is 70.2 Å². The van der Waals surface area contributed by atoms with Gasteiger partial charge in [-0.2, -0.15) is 0 Å². The van der Waals surface area contributed by atoms with E-state index < -0.39 is 34.3 Å². The Balaban J connectivity index is 1.80. The number of benzene rings is 4. The highest BCUT2D eigenvalue weighted by Crippen LogP contribution is 2.27. The number of hydrogen-bond donors (Lipinski definition) is 1. The summed E-state index contributed by atoms with van der Waals surface area (Å²) in [5.41, 5.74) is 2.77. The van der Waals surface area contributed by atoms with Gasteiger partial charge in [0.2, 0.25) is 11.8 Å². The van der Waals surface area contributed by atoms with Crippen LogP contribution in [0.25, 0.3) is 0 Å². The average molecular weight is 630 g/mol. The molecule has 1 unspecified atom stereocenters. The quantitative estimate of drug-likeness (QED) is 0.188. The van der Waals surface area contributed by atoms with Crippen LogP contribution in [-0.4, -0.2) is 43.8 Å². The Bertz CT molecular complexity index is 1660. The summed E-state index contributed by atoms with van der Waals surface area (Å²) < 4.78 is 43.1. The molecule has 4 rings (SSSR count). The number of halogens is 1. The molecule has 9 heteroatoms. The molecular formula is C36H40FN3O4S. The Kier molecular flexibility index (Phi) is 11.1. The van der Waals surface area contributed by atoms with Crippen molar-refractivity contribution in [3.63, 3.8) is 0 Å². The lowest BCUT2D eigenvalue weighted by Gasteiger charge is -2.34. The maximum Gasteiger partial charge on any atom is 0.264 e. The van der Waals surface area contributed by atoms with Crippen molar-refractivity contribution in [2.75, 3.05) is 10.8 Å². The fraction of sp³-hybridized carbons (Fsp3) is 0.278. The van der Waals surface area contributed by atoms with Crippen LogP contribution in [0.2, 0.25) is 0 Å². The van der Waals surface area contributed by atoms with Crippen LogP contribution in [-0.2, 0) is 32.6 Å². The molecule has 0 saturated carbocycles. The molecular weight excluding hydrogens is 589 g/mol. The minimum Gasteiger partial charge on any atom is -0.352 e. The zero-order valence-electron chi connectivity index (χ0n) is 26.1. The van der Waals surface area contributed by atoms with Crippen molar-refractivity contribution >= 4 is 27.5 Å². The summed E-state index contributed by atoms with van der Waals surface area (Å²) in [4.78, 5) is 29.6.